The van der Waals surface area contributed by atoms with Crippen molar-refractivity contribution in [3.63, 3.8) is 0 Å². The van der Waals surface area contributed by atoms with Crippen molar-refractivity contribution in [3.8, 4) is 5.75 Å². The summed E-state index contributed by atoms with van der Waals surface area (Å²) in [7, 11) is 1.69. The first-order valence-corrected chi connectivity index (χ1v) is 6.03. The number of fused-ring (bicyclic) bond motifs is 1. The number of nitrogens with one attached hydrogen (secondary N) is 1. The molecule has 17 heavy (non-hydrogen) atoms. The molecular weight excluding hydrogens is 216 g/mol. The normalized spacial score (nSPS) is 15.4. The topological polar surface area (TPSA) is 56.5 Å². The largest absolute Gasteiger partial charge is 0.493 e. The Hall–Kier alpha value is -1.10. The number of nitrogens with two attached hydrogens (primary N) is 1. The van der Waals surface area contributed by atoms with Crippen molar-refractivity contribution in [1.82, 2.24) is 5.43 Å². The monoisotopic (exact) mass is 236 g/mol. The Kier molecular flexibility index (Phi) is 4.36. The van der Waals surface area contributed by atoms with Crippen LogP contribution in [0.2, 0.25) is 0 Å². The zero-order chi connectivity index (χ0) is 12.1. The molecule has 0 aromatic heterocycles. The molecule has 0 fully saturated rings. The van der Waals surface area contributed by atoms with E-state index in [4.69, 9.17) is 15.3 Å². The van der Waals surface area contributed by atoms with Crippen LogP contribution in [0.15, 0.2) is 18.2 Å². The third kappa shape index (κ3) is 3.19. The summed E-state index contributed by atoms with van der Waals surface area (Å²) in [5, 5.41) is 0. The summed E-state index contributed by atoms with van der Waals surface area (Å²) >= 11 is 0. The van der Waals surface area contributed by atoms with Gasteiger partial charge in [-0.25, -0.2) is 0 Å². The molecule has 4 nitrogen and oxygen atoms in total. The van der Waals surface area contributed by atoms with Gasteiger partial charge in [-0.3, -0.25) is 11.3 Å². The average molecular weight is 236 g/mol. The minimum atomic E-state index is 0.213. The van der Waals surface area contributed by atoms with Crippen LogP contribution < -0.4 is 16.0 Å². The van der Waals surface area contributed by atoms with Crippen LogP contribution >= 0.6 is 0 Å². The summed E-state index contributed by atoms with van der Waals surface area (Å²) < 4.78 is 10.6. The maximum atomic E-state index is 5.49. The summed E-state index contributed by atoms with van der Waals surface area (Å²) in [6, 6.07) is 6.65. The molecule has 1 aromatic carbocycles. The molecule has 2 rings (SSSR count). The van der Waals surface area contributed by atoms with E-state index in [-0.39, 0.29) is 6.04 Å². The minimum Gasteiger partial charge on any atom is -0.493 e. The highest BCUT2D eigenvalue weighted by molar-refractivity contribution is 5.39. The quantitative estimate of drug-likeness (QED) is 0.572. The molecule has 4 heteroatoms. The van der Waals surface area contributed by atoms with Crippen LogP contribution in [-0.2, 0) is 17.6 Å². The molecule has 0 bridgehead atoms. The van der Waals surface area contributed by atoms with Gasteiger partial charge in [-0.15, -0.1) is 0 Å². The van der Waals surface area contributed by atoms with Crippen LogP contribution in [0, 0.1) is 0 Å². The fraction of sp³-hybridized carbons (Fsp3) is 0.538. The molecule has 1 heterocycles. The van der Waals surface area contributed by atoms with Crippen molar-refractivity contribution in [2.75, 3.05) is 20.3 Å². The first-order chi connectivity index (χ1) is 8.33. The highest BCUT2D eigenvalue weighted by Crippen LogP contribution is 2.26. The van der Waals surface area contributed by atoms with E-state index in [9.17, 15) is 0 Å². The number of methoxy groups -OCH3 is 1. The fourth-order valence-corrected chi connectivity index (χ4v) is 2.15. The van der Waals surface area contributed by atoms with Crippen molar-refractivity contribution >= 4 is 0 Å². The highest BCUT2D eigenvalue weighted by atomic mass is 16.5. The third-order valence-corrected chi connectivity index (χ3v) is 3.14. The molecule has 3 N–H and O–H groups in total. The number of benzene rings is 1. The van der Waals surface area contributed by atoms with E-state index < -0.39 is 0 Å². The van der Waals surface area contributed by atoms with E-state index >= 15 is 0 Å². The zero-order valence-corrected chi connectivity index (χ0v) is 10.2. The minimum absolute atomic E-state index is 0.213. The van der Waals surface area contributed by atoms with Crippen LogP contribution in [-0.4, -0.2) is 26.4 Å². The lowest BCUT2D eigenvalue weighted by atomic mass is 10.0. The molecule has 0 spiro atoms. The van der Waals surface area contributed by atoms with Gasteiger partial charge in [0.15, 0.2) is 0 Å². The summed E-state index contributed by atoms with van der Waals surface area (Å²) in [5.41, 5.74) is 5.44. The SMILES string of the molecule is COCC(CCc1ccc2c(c1)CCO2)NN. The van der Waals surface area contributed by atoms with Crippen LogP contribution in [0.3, 0.4) is 0 Å². The predicted molar refractivity (Wildman–Crippen MR) is 66.9 cm³/mol. The van der Waals surface area contributed by atoms with E-state index in [2.05, 4.69) is 23.6 Å². The van der Waals surface area contributed by atoms with Gasteiger partial charge in [0.2, 0.25) is 0 Å². The lowest BCUT2D eigenvalue weighted by molar-refractivity contribution is 0.163. The Bertz CT molecular complexity index is 368. The van der Waals surface area contributed by atoms with Gasteiger partial charge in [0, 0.05) is 19.6 Å². The molecule has 0 radical (unpaired) electrons. The van der Waals surface area contributed by atoms with Gasteiger partial charge in [-0.05, 0) is 30.0 Å². The molecule has 1 unspecified atom stereocenters. The van der Waals surface area contributed by atoms with Gasteiger partial charge >= 0.3 is 0 Å². The molecule has 0 aliphatic carbocycles. The predicted octanol–water partition coefficient (Wildman–Crippen LogP) is 1.03. The van der Waals surface area contributed by atoms with Gasteiger partial charge < -0.3 is 9.47 Å². The summed E-state index contributed by atoms with van der Waals surface area (Å²) in [5.74, 6) is 6.50. The number of hydrogen-bond donors (Lipinski definition) is 2. The van der Waals surface area contributed by atoms with Crippen LogP contribution in [0.4, 0.5) is 0 Å². The number of hydrogen-bond acceptors (Lipinski definition) is 4. The van der Waals surface area contributed by atoms with Crippen LogP contribution in [0.1, 0.15) is 17.5 Å². The Labute approximate surface area is 102 Å². The van der Waals surface area contributed by atoms with Crippen molar-refractivity contribution < 1.29 is 9.47 Å². The van der Waals surface area contributed by atoms with Crippen molar-refractivity contribution in [2.45, 2.75) is 25.3 Å². The lowest BCUT2D eigenvalue weighted by Gasteiger charge is -2.14. The molecule has 94 valence electrons. The van der Waals surface area contributed by atoms with E-state index in [0.717, 1.165) is 31.6 Å². The van der Waals surface area contributed by atoms with E-state index in [1.165, 1.54) is 11.1 Å². The van der Waals surface area contributed by atoms with Gasteiger partial charge in [0.1, 0.15) is 5.75 Å². The van der Waals surface area contributed by atoms with Crippen LogP contribution in [0.25, 0.3) is 0 Å². The molecule has 0 amide bonds. The Morgan fingerprint density at radius 1 is 1.53 bits per heavy atom. The van der Waals surface area contributed by atoms with E-state index in [1.54, 1.807) is 7.11 Å². The van der Waals surface area contributed by atoms with Gasteiger partial charge in [-0.1, -0.05) is 12.1 Å². The molecule has 0 saturated heterocycles. The second-order valence-corrected chi connectivity index (χ2v) is 4.40. The van der Waals surface area contributed by atoms with Gasteiger partial charge in [-0.2, -0.15) is 0 Å². The zero-order valence-electron chi connectivity index (χ0n) is 10.2. The molecular formula is C13H20N2O2. The standard InChI is InChI=1S/C13H20N2O2/c1-16-9-12(15-14)4-2-10-3-5-13-11(8-10)6-7-17-13/h3,5,8,12,15H,2,4,6-7,9,14H2,1H3. The van der Waals surface area contributed by atoms with Crippen LogP contribution in [0.5, 0.6) is 5.75 Å². The molecule has 0 saturated carbocycles. The fourth-order valence-electron chi connectivity index (χ4n) is 2.15. The van der Waals surface area contributed by atoms with Gasteiger partial charge in [0.05, 0.1) is 13.2 Å². The first-order valence-electron chi connectivity index (χ1n) is 6.03. The molecule has 1 atom stereocenters. The second-order valence-electron chi connectivity index (χ2n) is 4.40. The number of rotatable bonds is 6. The van der Waals surface area contributed by atoms with Gasteiger partial charge in [0.25, 0.3) is 0 Å². The molecule has 1 aliphatic rings. The van der Waals surface area contributed by atoms with Crippen molar-refractivity contribution in [2.24, 2.45) is 5.84 Å². The highest BCUT2D eigenvalue weighted by Gasteiger charge is 2.12. The van der Waals surface area contributed by atoms with E-state index in [0.29, 0.717) is 6.61 Å². The maximum absolute atomic E-state index is 5.49. The Morgan fingerprint density at radius 2 is 2.41 bits per heavy atom. The Balaban J connectivity index is 1.90. The third-order valence-electron chi connectivity index (χ3n) is 3.14. The maximum Gasteiger partial charge on any atom is 0.122 e. The Morgan fingerprint density at radius 3 is 3.18 bits per heavy atom. The number of ether oxygens (including phenoxy) is 2. The average Bonchev–Trinajstić information content (AvgIpc) is 2.81. The first kappa shape index (κ1) is 12.4. The lowest BCUT2D eigenvalue weighted by Crippen LogP contribution is -2.38. The molecule has 1 aromatic rings. The smallest absolute Gasteiger partial charge is 0.122 e. The second kappa shape index (κ2) is 6.00. The van der Waals surface area contributed by atoms with Crippen molar-refractivity contribution in [3.05, 3.63) is 29.3 Å². The summed E-state index contributed by atoms with van der Waals surface area (Å²) in [4.78, 5) is 0. The molecule has 1 aliphatic heterocycles. The summed E-state index contributed by atoms with van der Waals surface area (Å²) in [6.07, 6.45) is 3.01. The number of aryl methyl sites for hydroxylation is 1. The van der Waals surface area contributed by atoms with E-state index in [1.807, 2.05) is 0 Å². The summed E-state index contributed by atoms with van der Waals surface area (Å²) in [6.45, 7) is 1.46. The van der Waals surface area contributed by atoms with Crippen molar-refractivity contribution in [1.29, 1.82) is 0 Å². The number of hydrazine groups is 1.